The molecule has 2 aromatic rings. The monoisotopic (exact) mass is 373 g/mol. The van der Waals surface area contributed by atoms with Crippen molar-refractivity contribution < 1.29 is 23.2 Å². The van der Waals surface area contributed by atoms with E-state index in [9.17, 15) is 18.8 Å². The molecule has 1 aromatic carbocycles. The number of hydrogen-bond donors (Lipinski definition) is 2. The van der Waals surface area contributed by atoms with Gasteiger partial charge in [0.25, 0.3) is 5.91 Å². The molecule has 0 bridgehead atoms. The molecule has 1 aliphatic heterocycles. The Morgan fingerprint density at radius 1 is 1.15 bits per heavy atom. The molecule has 27 heavy (non-hydrogen) atoms. The molecule has 0 spiro atoms. The van der Waals surface area contributed by atoms with Gasteiger partial charge in [-0.15, -0.1) is 0 Å². The summed E-state index contributed by atoms with van der Waals surface area (Å²) in [6.07, 6.45) is 4.35. The minimum absolute atomic E-state index is 0.0688. The lowest BCUT2D eigenvalue weighted by atomic mass is 9.96. The number of likely N-dealkylation sites (tertiary alicyclic amines) is 1. The van der Waals surface area contributed by atoms with E-state index in [1.54, 1.807) is 11.0 Å². The molecule has 3 rings (SSSR count). The molecule has 142 valence electrons. The van der Waals surface area contributed by atoms with Crippen LogP contribution in [0.3, 0.4) is 0 Å². The van der Waals surface area contributed by atoms with Crippen molar-refractivity contribution >= 4 is 23.4 Å². The third-order valence-corrected chi connectivity index (χ3v) is 4.51. The summed E-state index contributed by atoms with van der Waals surface area (Å²) in [7, 11) is 0. The molecular formula is C19H20FN3O4. The predicted molar refractivity (Wildman–Crippen MR) is 95.4 cm³/mol. The smallest absolute Gasteiger partial charge is 0.313 e. The summed E-state index contributed by atoms with van der Waals surface area (Å²) in [4.78, 5) is 37.8. The van der Waals surface area contributed by atoms with E-state index in [4.69, 9.17) is 4.42 Å². The van der Waals surface area contributed by atoms with Crippen LogP contribution in [0.25, 0.3) is 0 Å². The van der Waals surface area contributed by atoms with Crippen molar-refractivity contribution in [2.75, 3.05) is 25.0 Å². The van der Waals surface area contributed by atoms with Gasteiger partial charge in [-0.1, -0.05) is 6.07 Å². The van der Waals surface area contributed by atoms with Gasteiger partial charge in [-0.25, -0.2) is 4.39 Å². The minimum Gasteiger partial charge on any atom is -0.472 e. The van der Waals surface area contributed by atoms with Crippen LogP contribution in [0.1, 0.15) is 23.2 Å². The van der Waals surface area contributed by atoms with Crippen molar-refractivity contribution in [2.24, 2.45) is 5.92 Å². The molecule has 0 radical (unpaired) electrons. The number of carbonyl (C=O) groups is 3. The number of carbonyl (C=O) groups excluding carboxylic acids is 3. The maximum Gasteiger partial charge on any atom is 0.313 e. The van der Waals surface area contributed by atoms with Crippen molar-refractivity contribution in [3.63, 3.8) is 0 Å². The summed E-state index contributed by atoms with van der Waals surface area (Å²) >= 11 is 0. The van der Waals surface area contributed by atoms with Crippen LogP contribution < -0.4 is 10.6 Å². The van der Waals surface area contributed by atoms with Crippen molar-refractivity contribution in [2.45, 2.75) is 12.8 Å². The summed E-state index contributed by atoms with van der Waals surface area (Å²) in [6, 6.07) is 6.96. The maximum atomic E-state index is 13.1. The number of halogens is 1. The van der Waals surface area contributed by atoms with Gasteiger partial charge in [0.2, 0.25) is 0 Å². The van der Waals surface area contributed by atoms with Crippen LogP contribution in [0.4, 0.5) is 10.1 Å². The molecule has 0 saturated carbocycles. The fourth-order valence-electron chi connectivity index (χ4n) is 2.98. The van der Waals surface area contributed by atoms with Gasteiger partial charge in [0.05, 0.1) is 11.8 Å². The Morgan fingerprint density at radius 3 is 2.59 bits per heavy atom. The van der Waals surface area contributed by atoms with E-state index in [0.717, 1.165) is 18.9 Å². The lowest BCUT2D eigenvalue weighted by molar-refractivity contribution is -0.136. The summed E-state index contributed by atoms with van der Waals surface area (Å²) in [6.45, 7) is 1.52. The predicted octanol–water partition coefficient (Wildman–Crippen LogP) is 2.03. The fourth-order valence-corrected chi connectivity index (χ4v) is 2.98. The molecule has 2 N–H and O–H groups in total. The average molecular weight is 373 g/mol. The zero-order chi connectivity index (χ0) is 19.2. The highest BCUT2D eigenvalue weighted by molar-refractivity contribution is 6.39. The topological polar surface area (TPSA) is 91.7 Å². The Labute approximate surface area is 155 Å². The number of piperidine rings is 1. The van der Waals surface area contributed by atoms with Gasteiger partial charge in [0.15, 0.2) is 0 Å². The van der Waals surface area contributed by atoms with E-state index in [-0.39, 0.29) is 17.5 Å². The van der Waals surface area contributed by atoms with Gasteiger partial charge in [0.1, 0.15) is 12.1 Å². The van der Waals surface area contributed by atoms with E-state index in [1.165, 1.54) is 30.7 Å². The fraction of sp³-hybridized carbons (Fsp3) is 0.316. The summed E-state index contributed by atoms with van der Waals surface area (Å²) < 4.78 is 18.0. The molecule has 1 fully saturated rings. The quantitative estimate of drug-likeness (QED) is 0.802. The Kier molecular flexibility index (Phi) is 5.85. The Morgan fingerprint density at radius 2 is 1.93 bits per heavy atom. The second kappa shape index (κ2) is 8.48. The first-order valence-corrected chi connectivity index (χ1v) is 8.69. The number of furan rings is 1. The SMILES string of the molecule is O=C(NCC1CCN(C(=O)c2ccoc2)CC1)C(=O)Nc1cccc(F)c1. The zero-order valence-electron chi connectivity index (χ0n) is 14.6. The highest BCUT2D eigenvalue weighted by Crippen LogP contribution is 2.18. The van der Waals surface area contributed by atoms with E-state index in [1.807, 2.05) is 0 Å². The third kappa shape index (κ3) is 4.93. The third-order valence-electron chi connectivity index (χ3n) is 4.51. The number of amides is 3. The highest BCUT2D eigenvalue weighted by atomic mass is 19.1. The molecule has 8 heteroatoms. The minimum atomic E-state index is -0.840. The van der Waals surface area contributed by atoms with Crippen LogP contribution in [-0.2, 0) is 9.59 Å². The summed E-state index contributed by atoms with van der Waals surface area (Å²) in [5.41, 5.74) is 0.747. The normalized spacial score (nSPS) is 14.6. The Hall–Kier alpha value is -3.16. The first-order valence-electron chi connectivity index (χ1n) is 8.69. The van der Waals surface area contributed by atoms with Gasteiger partial charge in [-0.2, -0.15) is 0 Å². The van der Waals surface area contributed by atoms with E-state index in [2.05, 4.69) is 10.6 Å². The first-order chi connectivity index (χ1) is 13.0. The lowest BCUT2D eigenvalue weighted by Crippen LogP contribution is -2.43. The maximum absolute atomic E-state index is 13.1. The van der Waals surface area contributed by atoms with Gasteiger partial charge in [-0.3, -0.25) is 14.4 Å². The van der Waals surface area contributed by atoms with Crippen LogP contribution in [-0.4, -0.2) is 42.3 Å². The van der Waals surface area contributed by atoms with Crippen molar-refractivity contribution in [3.8, 4) is 0 Å². The zero-order valence-corrected chi connectivity index (χ0v) is 14.6. The number of nitrogens with one attached hydrogen (secondary N) is 2. The van der Waals surface area contributed by atoms with Gasteiger partial charge in [0, 0.05) is 25.3 Å². The molecule has 1 aromatic heterocycles. The molecule has 2 heterocycles. The average Bonchev–Trinajstić information content (AvgIpc) is 3.20. The summed E-state index contributed by atoms with van der Waals surface area (Å²) in [5, 5.41) is 4.95. The van der Waals surface area contributed by atoms with Crippen molar-refractivity contribution in [3.05, 3.63) is 54.2 Å². The molecule has 1 aliphatic rings. The first kappa shape index (κ1) is 18.6. The van der Waals surface area contributed by atoms with Crippen molar-refractivity contribution in [1.29, 1.82) is 0 Å². The van der Waals surface area contributed by atoms with Crippen LogP contribution in [0.15, 0.2) is 47.3 Å². The molecule has 0 atom stereocenters. The van der Waals surface area contributed by atoms with Crippen LogP contribution in [0.5, 0.6) is 0 Å². The van der Waals surface area contributed by atoms with E-state index >= 15 is 0 Å². The lowest BCUT2D eigenvalue weighted by Gasteiger charge is -2.31. The molecular weight excluding hydrogens is 353 g/mol. The number of nitrogens with zero attached hydrogens (tertiary/aromatic N) is 1. The number of rotatable bonds is 4. The molecule has 0 unspecified atom stereocenters. The standard InChI is InChI=1S/C19H20FN3O4/c20-15-2-1-3-16(10-15)22-18(25)17(24)21-11-13-4-7-23(8-5-13)19(26)14-6-9-27-12-14/h1-3,6,9-10,12-13H,4-5,7-8,11H2,(H,21,24)(H,22,25). The van der Waals surface area contributed by atoms with Crippen molar-refractivity contribution in [1.82, 2.24) is 10.2 Å². The number of anilines is 1. The molecule has 7 nitrogen and oxygen atoms in total. The highest BCUT2D eigenvalue weighted by Gasteiger charge is 2.25. The number of benzene rings is 1. The van der Waals surface area contributed by atoms with E-state index in [0.29, 0.717) is 25.2 Å². The largest absolute Gasteiger partial charge is 0.472 e. The number of hydrogen-bond acceptors (Lipinski definition) is 4. The van der Waals surface area contributed by atoms with Gasteiger partial charge >= 0.3 is 11.8 Å². The Balaban J connectivity index is 1.41. The molecule has 1 saturated heterocycles. The van der Waals surface area contributed by atoms with Crippen LogP contribution in [0.2, 0.25) is 0 Å². The van der Waals surface area contributed by atoms with Gasteiger partial charge < -0.3 is 20.0 Å². The second-order valence-corrected chi connectivity index (χ2v) is 6.42. The molecule has 0 aliphatic carbocycles. The Bertz CT molecular complexity index is 814. The molecule has 3 amide bonds. The second-order valence-electron chi connectivity index (χ2n) is 6.42. The van der Waals surface area contributed by atoms with Gasteiger partial charge in [-0.05, 0) is 43.0 Å². The van der Waals surface area contributed by atoms with Crippen LogP contribution in [0, 0.1) is 11.7 Å². The summed E-state index contributed by atoms with van der Waals surface area (Å²) in [5.74, 6) is -1.99. The van der Waals surface area contributed by atoms with E-state index < -0.39 is 17.6 Å². The van der Waals surface area contributed by atoms with Crippen LogP contribution >= 0.6 is 0 Å².